The van der Waals surface area contributed by atoms with Crippen LogP contribution in [0, 0.1) is 50.4 Å². The third-order valence-electron chi connectivity index (χ3n) is 8.66. The zero-order valence-electron chi connectivity index (χ0n) is 40.3. The molecule has 14 heteroatoms. The number of sulfonamides is 1. The van der Waals surface area contributed by atoms with Gasteiger partial charge in [0, 0.05) is 35.6 Å². The number of carbonyl (C=O) groups is 4. The van der Waals surface area contributed by atoms with E-state index in [1.807, 2.05) is 99.6 Å². The van der Waals surface area contributed by atoms with Crippen molar-refractivity contribution in [1.82, 2.24) is 19.9 Å². The normalized spacial score (nSPS) is 15.5. The fraction of sp³-hybridized carbons (Fsp3) is 0.571. The number of unbranched alkanes of at least 4 members (excludes halogenated alkanes) is 3. The molecule has 1 saturated heterocycles. The number of para-hydroxylation sites is 1. The number of carbonyl (C=O) groups excluding carboxylic acids is 4. The van der Waals surface area contributed by atoms with Crippen LogP contribution in [0.1, 0.15) is 128 Å². The predicted octanol–water partition coefficient (Wildman–Crippen LogP) is 7.40. The van der Waals surface area contributed by atoms with Gasteiger partial charge in [-0.05, 0) is 91.3 Å². The van der Waals surface area contributed by atoms with Gasteiger partial charge in [-0.3, -0.25) is 23.9 Å². The van der Waals surface area contributed by atoms with E-state index in [1.54, 1.807) is 18.1 Å². The van der Waals surface area contributed by atoms with Crippen molar-refractivity contribution in [2.24, 2.45) is 17.6 Å². The van der Waals surface area contributed by atoms with Crippen molar-refractivity contribution >= 4 is 45.5 Å². The number of benzene rings is 1. The molecule has 13 nitrogen and oxygen atoms in total. The number of fused-ring (bicyclic) bond motifs is 1. The molecule has 2 aromatic rings. The number of rotatable bonds is 14. The van der Waals surface area contributed by atoms with Crippen LogP contribution < -0.4 is 21.2 Å². The van der Waals surface area contributed by atoms with Crippen LogP contribution in [-0.4, -0.2) is 85.4 Å². The van der Waals surface area contributed by atoms with E-state index < -0.39 is 32.8 Å². The minimum atomic E-state index is -3.53. The van der Waals surface area contributed by atoms with E-state index >= 15 is 0 Å². The van der Waals surface area contributed by atoms with Gasteiger partial charge >= 0.3 is 0 Å². The highest BCUT2D eigenvalue weighted by Gasteiger charge is 2.39. The van der Waals surface area contributed by atoms with Gasteiger partial charge < -0.3 is 30.5 Å². The Bertz CT molecular complexity index is 1750. The summed E-state index contributed by atoms with van der Waals surface area (Å²) in [5, 5.41) is 3.13. The van der Waals surface area contributed by atoms with Crippen LogP contribution in [0.4, 0.5) is 0 Å². The van der Waals surface area contributed by atoms with Crippen LogP contribution in [0.5, 0.6) is 0 Å². The Balaban J connectivity index is -0.000000235. The van der Waals surface area contributed by atoms with E-state index in [9.17, 15) is 32.4 Å². The first-order valence-electron chi connectivity index (χ1n) is 21.4. The minimum Gasteiger partial charge on any atom is -0.462 e. The monoisotopic (exact) mass is 900 g/mol. The lowest BCUT2D eigenvalue weighted by atomic mass is 9.88. The number of pyridine rings is 1. The van der Waals surface area contributed by atoms with Crippen LogP contribution in [0.25, 0.3) is 10.9 Å². The Labute approximate surface area is 381 Å². The van der Waals surface area contributed by atoms with Crippen molar-refractivity contribution < 1.29 is 32.3 Å². The molecule has 63 heavy (non-hydrogen) atoms. The van der Waals surface area contributed by atoms with Crippen LogP contribution in [0.15, 0.2) is 53.5 Å². The number of aldehydes is 1. The molecule has 2 fully saturated rings. The number of hydrogen-bond donors (Lipinski definition) is 4. The maximum atomic E-state index is 12.1. The molecule has 0 radical (unpaired) electrons. The Morgan fingerprint density at radius 3 is 1.98 bits per heavy atom. The number of nitrogens with one attached hydrogen (secondary N) is 3. The number of allylic oxidation sites excluding steroid dienone is 1. The number of likely N-dealkylation sites (N-methyl/N-ethyl adjacent to an activating group) is 1. The average Bonchev–Trinajstić information content (AvgIpc) is 4.08. The van der Waals surface area contributed by atoms with E-state index in [4.69, 9.17) is 5.73 Å². The summed E-state index contributed by atoms with van der Waals surface area (Å²) in [6.07, 6.45) is 38.0. The van der Waals surface area contributed by atoms with Gasteiger partial charge in [0.15, 0.2) is 5.43 Å². The van der Waals surface area contributed by atoms with E-state index in [2.05, 4.69) is 71.3 Å². The topological polar surface area (TPSA) is 198 Å². The van der Waals surface area contributed by atoms with Crippen LogP contribution in [0.3, 0.4) is 0 Å². The summed E-state index contributed by atoms with van der Waals surface area (Å²) in [6, 6.07) is 8.15. The molecule has 0 bridgehead atoms. The van der Waals surface area contributed by atoms with Crippen molar-refractivity contribution in [2.45, 2.75) is 150 Å². The van der Waals surface area contributed by atoms with Gasteiger partial charge in [0.25, 0.3) is 12.4 Å². The summed E-state index contributed by atoms with van der Waals surface area (Å²) >= 11 is 0. The Morgan fingerprint density at radius 1 is 1.00 bits per heavy atom. The fourth-order valence-electron chi connectivity index (χ4n) is 5.40. The number of aromatic nitrogens is 1. The van der Waals surface area contributed by atoms with Crippen LogP contribution >= 0.6 is 0 Å². The standard InChI is InChI=1S/C16H30N2O3S.C9H16N2O2.C9H7NO.C5H10O2.2C2H6.3C2H2/c1-4-5-6-7-8-9-14(12(2)3)15(17)16(19)18-22(20,21)13-10-11-13;1-9(7-12)4-3-5-11(9)8(13)6-10-2;11-9-5-6-10-8-4-2-1-3-7(8)9;1-5(2,3)7-4-6;5*1-2/h8-9,12-15H,4-7,10-11,17H2,1-3H3,(H,18,19);7,10H,3-6H2,1-2H3;1-6H,(H,10,11);4H,1-3H3;2*1-2H3;3*1-2H/b9-8-;;;;;;;;/t;9-;;;;;;;/m.0......./s1. The number of likely N-dealkylation sites (tertiary alicyclic amines) is 1. The van der Waals surface area contributed by atoms with Crippen molar-refractivity contribution in [3.05, 3.63) is 58.9 Å². The highest BCUT2D eigenvalue weighted by atomic mass is 32.2. The van der Waals surface area contributed by atoms with Gasteiger partial charge in [-0.2, -0.15) is 0 Å². The second kappa shape index (κ2) is 39.6. The number of nitrogens with two attached hydrogens (primary N) is 1. The largest absolute Gasteiger partial charge is 0.462 e. The summed E-state index contributed by atoms with van der Waals surface area (Å²) in [7, 11) is -1.80. The number of amides is 2. The molecule has 3 atom stereocenters. The molecule has 1 aromatic carbocycles. The second-order valence-corrected chi connectivity index (χ2v) is 16.8. The third kappa shape index (κ3) is 29.7. The molecule has 1 aliphatic heterocycles. The zero-order valence-corrected chi connectivity index (χ0v) is 41.1. The van der Waals surface area contributed by atoms with Crippen molar-refractivity contribution in [3.63, 3.8) is 0 Å². The summed E-state index contributed by atoms with van der Waals surface area (Å²) < 4.78 is 30.3. The summed E-state index contributed by atoms with van der Waals surface area (Å²) in [6.45, 7) is 22.9. The smallest absolute Gasteiger partial charge is 0.293 e. The van der Waals surface area contributed by atoms with Gasteiger partial charge in [-0.25, -0.2) is 8.42 Å². The summed E-state index contributed by atoms with van der Waals surface area (Å²) in [5.41, 5.74) is 6.08. The van der Waals surface area contributed by atoms with Crippen molar-refractivity contribution in [2.75, 3.05) is 20.1 Å². The molecular formula is C49H81N5O8S. The third-order valence-corrected chi connectivity index (χ3v) is 10.5. The molecule has 356 valence electrons. The van der Waals surface area contributed by atoms with Crippen molar-refractivity contribution in [3.8, 4) is 38.5 Å². The van der Waals surface area contributed by atoms with Gasteiger partial charge in [-0.15, -0.1) is 38.5 Å². The molecule has 1 aliphatic carbocycles. The molecule has 4 rings (SSSR count). The number of aromatic amines is 1. The van der Waals surface area contributed by atoms with Gasteiger partial charge in [0.2, 0.25) is 15.9 Å². The van der Waals surface area contributed by atoms with Gasteiger partial charge in [0.05, 0.1) is 23.4 Å². The Morgan fingerprint density at radius 2 is 1.56 bits per heavy atom. The average molecular weight is 900 g/mol. The molecule has 1 aromatic heterocycles. The number of ether oxygens (including phenoxy) is 1. The van der Waals surface area contributed by atoms with Crippen molar-refractivity contribution in [1.29, 1.82) is 0 Å². The molecule has 2 aliphatic rings. The maximum Gasteiger partial charge on any atom is 0.293 e. The number of H-pyrrole nitrogens is 1. The SMILES string of the molecule is C#C.C#C.C#C.CC.CC.CC(C)(C)OC=O.CCCCC/C=C\C(C(C)C)C(N)C(=O)NS(=O)(=O)C1CC1.CNCC(=O)N1CCC[C@@]1(C)C=O.O=c1cc[nH]c2ccccc12. The van der Waals surface area contributed by atoms with Gasteiger partial charge in [0.1, 0.15) is 11.9 Å². The molecule has 2 heterocycles. The minimum absolute atomic E-state index is 0.00889. The first kappa shape index (κ1) is 66.9. The van der Waals surface area contributed by atoms with Crippen LogP contribution in [0.2, 0.25) is 0 Å². The molecule has 1 saturated carbocycles. The molecule has 0 spiro atoms. The first-order chi connectivity index (χ1) is 29.9. The van der Waals surface area contributed by atoms with Gasteiger partial charge in [-0.1, -0.05) is 85.6 Å². The molecule has 5 N–H and O–H groups in total. The molecule has 2 unspecified atom stereocenters. The zero-order chi connectivity index (χ0) is 50.2. The summed E-state index contributed by atoms with van der Waals surface area (Å²) in [5.74, 6) is -0.568. The fourth-order valence-corrected chi connectivity index (χ4v) is 6.74. The first-order valence-corrected chi connectivity index (χ1v) is 23.0. The van der Waals surface area contributed by atoms with E-state index in [0.29, 0.717) is 32.4 Å². The molecular weight excluding hydrogens is 819 g/mol. The maximum absolute atomic E-state index is 12.1. The number of hydrogen-bond acceptors (Lipinski definition) is 10. The Kier molecular flexibility index (Phi) is 42.1. The number of terminal acetylenes is 3. The van der Waals surface area contributed by atoms with E-state index in [-0.39, 0.29) is 28.8 Å². The quantitative estimate of drug-likeness (QED) is 0.0642. The van der Waals surface area contributed by atoms with E-state index in [0.717, 1.165) is 42.9 Å². The lowest BCUT2D eigenvalue weighted by molar-refractivity contribution is -0.138. The lowest BCUT2D eigenvalue weighted by Crippen LogP contribution is -2.49. The highest BCUT2D eigenvalue weighted by molar-refractivity contribution is 7.90. The van der Waals surface area contributed by atoms with Crippen LogP contribution in [-0.2, 0) is 33.9 Å². The van der Waals surface area contributed by atoms with E-state index in [1.165, 1.54) is 18.9 Å². The Hall–Kier alpha value is -5.20. The lowest BCUT2D eigenvalue weighted by Gasteiger charge is -2.29. The highest BCUT2D eigenvalue weighted by Crippen LogP contribution is 2.28. The molecule has 2 amide bonds. The predicted molar refractivity (Wildman–Crippen MR) is 263 cm³/mol. The second-order valence-electron chi connectivity index (χ2n) is 14.9. The summed E-state index contributed by atoms with van der Waals surface area (Å²) in [4.78, 5) is 59.9. The number of nitrogens with zero attached hydrogens (tertiary/aromatic N) is 1.